The largest absolute Gasteiger partial charge is 0.462 e. The van der Waals surface area contributed by atoms with E-state index in [-0.39, 0.29) is 11.9 Å². The Hall–Kier alpha value is -2.61. The lowest BCUT2D eigenvalue weighted by molar-refractivity contribution is -0.138. The molecule has 0 fully saturated rings. The van der Waals surface area contributed by atoms with Gasteiger partial charge in [-0.05, 0) is 35.6 Å². The minimum atomic E-state index is -0.286. The lowest BCUT2D eigenvalue weighted by Crippen LogP contribution is -2.11. The fraction of sp³-hybridized carbons (Fsp3) is 0.190. The summed E-state index contributed by atoms with van der Waals surface area (Å²) in [7, 11) is 0. The first-order valence-corrected chi connectivity index (χ1v) is 7.83. The number of rotatable bonds is 5. The minimum Gasteiger partial charge on any atom is -0.462 e. The number of fused-ring (bicyclic) bond motifs is 3. The van der Waals surface area contributed by atoms with Crippen LogP contribution >= 0.6 is 0 Å². The summed E-state index contributed by atoms with van der Waals surface area (Å²) in [6.45, 7) is 5.95. The maximum absolute atomic E-state index is 12.0. The van der Waals surface area contributed by atoms with Gasteiger partial charge in [0.05, 0.1) is 0 Å². The highest BCUT2D eigenvalue weighted by Gasteiger charge is 2.28. The number of carbonyl (C=O) groups excluding carboxylic acids is 1. The van der Waals surface area contributed by atoms with E-state index in [0.717, 1.165) is 5.57 Å². The summed E-state index contributed by atoms with van der Waals surface area (Å²) in [5.74, 6) is -0.175. The molecule has 2 nitrogen and oxygen atoms in total. The highest BCUT2D eigenvalue weighted by molar-refractivity contribution is 5.83. The van der Waals surface area contributed by atoms with Gasteiger partial charge in [0.15, 0.2) is 0 Å². The summed E-state index contributed by atoms with van der Waals surface area (Å²) in [6, 6.07) is 16.7. The SMILES string of the molecule is C=CC/C(C)=C/C(=O)OCC1c2ccccc2-c2ccccc21. The number of benzene rings is 2. The summed E-state index contributed by atoms with van der Waals surface area (Å²) in [5, 5.41) is 0. The Kier molecular flexibility index (Phi) is 4.42. The van der Waals surface area contributed by atoms with Gasteiger partial charge in [0.2, 0.25) is 0 Å². The Bertz CT molecular complexity index is 725. The third-order valence-corrected chi connectivity index (χ3v) is 4.19. The molecule has 0 radical (unpaired) electrons. The lowest BCUT2D eigenvalue weighted by atomic mass is 9.98. The number of hydrogen-bond donors (Lipinski definition) is 0. The van der Waals surface area contributed by atoms with Crippen LogP contribution in [0.2, 0.25) is 0 Å². The molecule has 0 atom stereocenters. The molecule has 0 heterocycles. The Morgan fingerprint density at radius 1 is 1.09 bits per heavy atom. The van der Waals surface area contributed by atoms with E-state index in [0.29, 0.717) is 13.0 Å². The van der Waals surface area contributed by atoms with Gasteiger partial charge in [-0.25, -0.2) is 4.79 Å². The van der Waals surface area contributed by atoms with Crippen molar-refractivity contribution in [2.24, 2.45) is 0 Å². The molecule has 0 saturated heterocycles. The summed E-state index contributed by atoms with van der Waals surface area (Å²) in [6.07, 6.45) is 4.03. The molecule has 0 bridgehead atoms. The van der Waals surface area contributed by atoms with Gasteiger partial charge < -0.3 is 4.74 Å². The van der Waals surface area contributed by atoms with E-state index >= 15 is 0 Å². The molecule has 2 aromatic rings. The number of carbonyl (C=O) groups is 1. The Morgan fingerprint density at radius 3 is 2.22 bits per heavy atom. The summed E-state index contributed by atoms with van der Waals surface area (Å²) in [4.78, 5) is 12.0. The standard InChI is InChI=1S/C21H20O2/c1-3-8-15(2)13-21(22)23-14-20-18-11-6-4-9-16(18)17-10-5-7-12-19(17)20/h3-7,9-13,20H,1,8,14H2,2H3/b15-13+. The monoisotopic (exact) mass is 304 g/mol. The van der Waals surface area contributed by atoms with Crippen LogP contribution in [-0.2, 0) is 9.53 Å². The molecular formula is C21H20O2. The van der Waals surface area contributed by atoms with E-state index in [1.54, 1.807) is 12.2 Å². The topological polar surface area (TPSA) is 26.3 Å². The molecule has 23 heavy (non-hydrogen) atoms. The highest BCUT2D eigenvalue weighted by atomic mass is 16.5. The molecule has 0 spiro atoms. The van der Waals surface area contributed by atoms with E-state index in [9.17, 15) is 4.79 Å². The first kappa shape index (κ1) is 15.3. The van der Waals surface area contributed by atoms with Crippen LogP contribution in [-0.4, -0.2) is 12.6 Å². The summed E-state index contributed by atoms with van der Waals surface area (Å²) < 4.78 is 5.51. The molecule has 0 saturated carbocycles. The zero-order valence-electron chi connectivity index (χ0n) is 13.3. The molecule has 3 rings (SSSR count). The molecule has 0 amide bonds. The Balaban J connectivity index is 1.80. The van der Waals surface area contributed by atoms with E-state index in [4.69, 9.17) is 4.74 Å². The van der Waals surface area contributed by atoms with Crippen LogP contribution in [0.25, 0.3) is 11.1 Å². The van der Waals surface area contributed by atoms with E-state index in [1.165, 1.54) is 22.3 Å². The van der Waals surface area contributed by atoms with E-state index in [1.807, 2.05) is 31.2 Å². The predicted octanol–water partition coefficient (Wildman–Crippen LogP) is 4.86. The number of esters is 1. The van der Waals surface area contributed by atoms with Gasteiger partial charge in [-0.1, -0.05) is 60.2 Å². The van der Waals surface area contributed by atoms with Crippen molar-refractivity contribution < 1.29 is 9.53 Å². The van der Waals surface area contributed by atoms with Crippen LogP contribution in [0.15, 0.2) is 72.8 Å². The Morgan fingerprint density at radius 2 is 1.65 bits per heavy atom. The van der Waals surface area contributed by atoms with Crippen molar-refractivity contribution in [3.63, 3.8) is 0 Å². The third-order valence-electron chi connectivity index (χ3n) is 4.19. The van der Waals surface area contributed by atoms with Crippen LogP contribution in [0, 0.1) is 0 Å². The van der Waals surface area contributed by atoms with Crippen molar-refractivity contribution in [3.05, 3.63) is 84.0 Å². The number of hydrogen-bond acceptors (Lipinski definition) is 2. The zero-order valence-corrected chi connectivity index (χ0v) is 13.3. The van der Waals surface area contributed by atoms with E-state index in [2.05, 4.69) is 30.8 Å². The predicted molar refractivity (Wildman–Crippen MR) is 93.3 cm³/mol. The summed E-state index contributed by atoms with van der Waals surface area (Å²) >= 11 is 0. The second-order valence-electron chi connectivity index (χ2n) is 5.84. The van der Waals surface area contributed by atoms with Crippen LogP contribution in [0.4, 0.5) is 0 Å². The van der Waals surface area contributed by atoms with Crippen LogP contribution in [0.1, 0.15) is 30.4 Å². The van der Waals surface area contributed by atoms with Crippen molar-refractivity contribution in [3.8, 4) is 11.1 Å². The lowest BCUT2D eigenvalue weighted by Gasteiger charge is -2.13. The third kappa shape index (κ3) is 3.11. The van der Waals surface area contributed by atoms with Crippen molar-refractivity contribution in [2.75, 3.05) is 6.61 Å². The summed E-state index contributed by atoms with van der Waals surface area (Å²) in [5.41, 5.74) is 5.89. The van der Waals surface area contributed by atoms with Crippen molar-refractivity contribution in [2.45, 2.75) is 19.3 Å². The maximum atomic E-state index is 12.0. The van der Waals surface area contributed by atoms with Gasteiger partial charge >= 0.3 is 5.97 Å². The first-order chi connectivity index (χ1) is 11.2. The average molecular weight is 304 g/mol. The van der Waals surface area contributed by atoms with Crippen molar-refractivity contribution in [1.29, 1.82) is 0 Å². The molecule has 0 aliphatic heterocycles. The molecule has 0 N–H and O–H groups in total. The second kappa shape index (κ2) is 6.66. The van der Waals surface area contributed by atoms with Crippen LogP contribution < -0.4 is 0 Å². The smallest absolute Gasteiger partial charge is 0.330 e. The number of allylic oxidation sites excluding steroid dienone is 2. The molecule has 2 heteroatoms. The molecule has 1 aliphatic carbocycles. The fourth-order valence-electron chi connectivity index (χ4n) is 3.13. The molecule has 2 aromatic carbocycles. The fourth-order valence-corrected chi connectivity index (χ4v) is 3.13. The zero-order chi connectivity index (χ0) is 16.2. The van der Waals surface area contributed by atoms with Crippen LogP contribution in [0.3, 0.4) is 0 Å². The van der Waals surface area contributed by atoms with E-state index < -0.39 is 0 Å². The highest BCUT2D eigenvalue weighted by Crippen LogP contribution is 2.44. The average Bonchev–Trinajstić information content (AvgIpc) is 2.87. The van der Waals surface area contributed by atoms with Gasteiger partial charge in [0.1, 0.15) is 6.61 Å². The van der Waals surface area contributed by atoms with Gasteiger partial charge in [0, 0.05) is 12.0 Å². The number of ether oxygens (including phenoxy) is 1. The van der Waals surface area contributed by atoms with Crippen molar-refractivity contribution >= 4 is 5.97 Å². The molecule has 0 unspecified atom stereocenters. The minimum absolute atomic E-state index is 0.111. The maximum Gasteiger partial charge on any atom is 0.330 e. The molecule has 0 aromatic heterocycles. The van der Waals surface area contributed by atoms with Gasteiger partial charge in [-0.2, -0.15) is 0 Å². The molecule has 116 valence electrons. The molecular weight excluding hydrogens is 284 g/mol. The van der Waals surface area contributed by atoms with Gasteiger partial charge in [-0.3, -0.25) is 0 Å². The first-order valence-electron chi connectivity index (χ1n) is 7.83. The quantitative estimate of drug-likeness (QED) is 0.448. The van der Waals surface area contributed by atoms with Crippen LogP contribution in [0.5, 0.6) is 0 Å². The van der Waals surface area contributed by atoms with Gasteiger partial charge in [-0.15, -0.1) is 6.58 Å². The van der Waals surface area contributed by atoms with Crippen molar-refractivity contribution in [1.82, 2.24) is 0 Å². The Labute approximate surface area is 137 Å². The van der Waals surface area contributed by atoms with Gasteiger partial charge in [0.25, 0.3) is 0 Å². The normalized spacial score (nSPS) is 13.3. The molecule has 1 aliphatic rings. The second-order valence-corrected chi connectivity index (χ2v) is 5.84.